The van der Waals surface area contributed by atoms with Crippen molar-refractivity contribution in [2.75, 3.05) is 5.32 Å². The van der Waals surface area contributed by atoms with E-state index < -0.39 is 0 Å². The molecular formula is C28H29N3O2. The molecule has 0 bridgehead atoms. The molecule has 0 aliphatic carbocycles. The Morgan fingerprint density at radius 2 is 1.39 bits per heavy atom. The fraction of sp³-hybridized carbons (Fsp3) is 0.179. The Balaban J connectivity index is 1.54. The van der Waals surface area contributed by atoms with Gasteiger partial charge in [-0.25, -0.2) is 5.43 Å². The number of aryl methyl sites for hydroxylation is 1. The molecule has 3 rings (SSSR count). The highest BCUT2D eigenvalue weighted by molar-refractivity contribution is 6.04. The number of rotatable bonds is 7. The van der Waals surface area contributed by atoms with Gasteiger partial charge in [-0.2, -0.15) is 5.10 Å². The summed E-state index contributed by atoms with van der Waals surface area (Å²) in [5, 5.41) is 6.87. The zero-order valence-electron chi connectivity index (χ0n) is 19.4. The number of benzene rings is 3. The summed E-state index contributed by atoms with van der Waals surface area (Å²) in [6.07, 6.45) is 3.62. The SMILES string of the molecule is CC(C=NNC(=O)c1ccc(NC(=O)c2ccc(C)cc2)cc1)=Cc1ccc(C(C)C)cc1. The predicted octanol–water partition coefficient (Wildman–Crippen LogP) is 6.19. The average molecular weight is 440 g/mol. The van der Waals surface area contributed by atoms with Gasteiger partial charge < -0.3 is 5.32 Å². The van der Waals surface area contributed by atoms with E-state index in [1.807, 2.05) is 32.1 Å². The van der Waals surface area contributed by atoms with E-state index in [4.69, 9.17) is 0 Å². The Kier molecular flexibility index (Phi) is 7.92. The van der Waals surface area contributed by atoms with Crippen LogP contribution in [0.5, 0.6) is 0 Å². The van der Waals surface area contributed by atoms with E-state index in [1.54, 1.807) is 42.6 Å². The zero-order chi connectivity index (χ0) is 23.8. The first-order valence-electron chi connectivity index (χ1n) is 10.9. The van der Waals surface area contributed by atoms with Gasteiger partial charge in [-0.1, -0.05) is 61.9 Å². The van der Waals surface area contributed by atoms with Crippen LogP contribution in [0.2, 0.25) is 0 Å². The third-order valence-electron chi connectivity index (χ3n) is 5.15. The molecule has 0 aliphatic heterocycles. The van der Waals surface area contributed by atoms with E-state index in [2.05, 4.69) is 54.0 Å². The molecule has 33 heavy (non-hydrogen) atoms. The van der Waals surface area contributed by atoms with Crippen molar-refractivity contribution in [3.8, 4) is 0 Å². The van der Waals surface area contributed by atoms with Gasteiger partial charge in [-0.3, -0.25) is 9.59 Å². The molecule has 0 aromatic heterocycles. The smallest absolute Gasteiger partial charge is 0.271 e. The highest BCUT2D eigenvalue weighted by Gasteiger charge is 2.08. The molecular weight excluding hydrogens is 410 g/mol. The number of hydrogen-bond donors (Lipinski definition) is 2. The molecule has 0 atom stereocenters. The van der Waals surface area contributed by atoms with Crippen LogP contribution in [0, 0.1) is 6.92 Å². The minimum Gasteiger partial charge on any atom is -0.322 e. The van der Waals surface area contributed by atoms with Gasteiger partial charge in [0, 0.05) is 16.8 Å². The molecule has 0 unspecified atom stereocenters. The zero-order valence-corrected chi connectivity index (χ0v) is 19.4. The standard InChI is InChI=1S/C28H29N3O2/c1-19(2)23-11-7-22(8-12-23)17-21(4)18-29-31-28(33)25-13-15-26(16-14-25)30-27(32)24-9-5-20(3)6-10-24/h5-19H,1-4H3,(H,30,32)(H,31,33). The molecule has 0 spiro atoms. The van der Waals surface area contributed by atoms with Crippen molar-refractivity contribution in [1.82, 2.24) is 5.43 Å². The maximum absolute atomic E-state index is 12.3. The Labute approximate surface area is 195 Å². The number of hydrogen-bond acceptors (Lipinski definition) is 3. The number of hydrazone groups is 1. The second-order valence-electron chi connectivity index (χ2n) is 8.31. The Morgan fingerprint density at radius 1 is 0.818 bits per heavy atom. The van der Waals surface area contributed by atoms with Gasteiger partial charge in [0.15, 0.2) is 0 Å². The van der Waals surface area contributed by atoms with Crippen LogP contribution in [0.3, 0.4) is 0 Å². The lowest BCUT2D eigenvalue weighted by Crippen LogP contribution is -2.17. The quantitative estimate of drug-likeness (QED) is 0.340. The van der Waals surface area contributed by atoms with E-state index >= 15 is 0 Å². The highest BCUT2D eigenvalue weighted by atomic mass is 16.2. The Hall–Kier alpha value is -3.99. The van der Waals surface area contributed by atoms with Crippen molar-refractivity contribution in [3.05, 3.63) is 106 Å². The van der Waals surface area contributed by atoms with Gasteiger partial charge in [0.2, 0.25) is 0 Å². The van der Waals surface area contributed by atoms with Crippen molar-refractivity contribution in [2.45, 2.75) is 33.6 Å². The second-order valence-corrected chi connectivity index (χ2v) is 8.31. The van der Waals surface area contributed by atoms with Gasteiger partial charge in [0.1, 0.15) is 0 Å². The van der Waals surface area contributed by atoms with Crippen molar-refractivity contribution < 1.29 is 9.59 Å². The van der Waals surface area contributed by atoms with E-state index in [1.165, 1.54) is 5.56 Å². The van der Waals surface area contributed by atoms with Crippen molar-refractivity contribution in [1.29, 1.82) is 0 Å². The van der Waals surface area contributed by atoms with Gasteiger partial charge in [-0.05, 0) is 72.9 Å². The van der Waals surface area contributed by atoms with Crippen LogP contribution in [0.4, 0.5) is 5.69 Å². The monoisotopic (exact) mass is 439 g/mol. The molecule has 3 aromatic rings. The van der Waals surface area contributed by atoms with Crippen LogP contribution in [0.1, 0.15) is 64.1 Å². The summed E-state index contributed by atoms with van der Waals surface area (Å²) >= 11 is 0. The number of allylic oxidation sites excluding steroid dienone is 1. The minimum atomic E-state index is -0.322. The third-order valence-corrected chi connectivity index (χ3v) is 5.15. The fourth-order valence-electron chi connectivity index (χ4n) is 3.15. The summed E-state index contributed by atoms with van der Waals surface area (Å²) < 4.78 is 0. The minimum absolute atomic E-state index is 0.196. The van der Waals surface area contributed by atoms with Gasteiger partial charge in [0.05, 0.1) is 6.21 Å². The van der Waals surface area contributed by atoms with Gasteiger partial charge in [-0.15, -0.1) is 0 Å². The van der Waals surface area contributed by atoms with Crippen LogP contribution in [-0.4, -0.2) is 18.0 Å². The van der Waals surface area contributed by atoms with Crippen LogP contribution >= 0.6 is 0 Å². The molecule has 5 heteroatoms. The highest BCUT2D eigenvalue weighted by Crippen LogP contribution is 2.16. The topological polar surface area (TPSA) is 70.6 Å². The number of nitrogens with zero attached hydrogens (tertiary/aromatic N) is 1. The molecule has 5 nitrogen and oxygen atoms in total. The number of nitrogens with one attached hydrogen (secondary N) is 2. The summed E-state index contributed by atoms with van der Waals surface area (Å²) in [5.41, 5.74) is 8.57. The van der Waals surface area contributed by atoms with Crippen LogP contribution < -0.4 is 10.7 Å². The summed E-state index contributed by atoms with van der Waals surface area (Å²) in [6, 6.07) is 22.4. The molecule has 2 amide bonds. The molecule has 0 heterocycles. The fourth-order valence-corrected chi connectivity index (χ4v) is 3.15. The van der Waals surface area contributed by atoms with Crippen LogP contribution in [-0.2, 0) is 0 Å². The molecule has 168 valence electrons. The van der Waals surface area contributed by atoms with E-state index in [0.29, 0.717) is 22.7 Å². The summed E-state index contributed by atoms with van der Waals surface area (Å²) in [7, 11) is 0. The largest absolute Gasteiger partial charge is 0.322 e. The first-order valence-corrected chi connectivity index (χ1v) is 10.9. The van der Waals surface area contributed by atoms with E-state index in [-0.39, 0.29) is 11.8 Å². The lowest BCUT2D eigenvalue weighted by molar-refractivity contribution is 0.0954. The van der Waals surface area contributed by atoms with Crippen LogP contribution in [0.25, 0.3) is 6.08 Å². The summed E-state index contributed by atoms with van der Waals surface area (Å²) in [6.45, 7) is 8.23. The lowest BCUT2D eigenvalue weighted by Gasteiger charge is -2.07. The molecule has 0 saturated carbocycles. The molecule has 0 radical (unpaired) electrons. The van der Waals surface area contributed by atoms with Crippen molar-refractivity contribution in [2.24, 2.45) is 5.10 Å². The van der Waals surface area contributed by atoms with Crippen molar-refractivity contribution in [3.63, 3.8) is 0 Å². The number of amides is 2. The summed E-state index contributed by atoms with van der Waals surface area (Å²) in [4.78, 5) is 24.7. The maximum atomic E-state index is 12.3. The average Bonchev–Trinajstić information content (AvgIpc) is 2.80. The van der Waals surface area contributed by atoms with Crippen LogP contribution in [0.15, 0.2) is 83.5 Å². The third kappa shape index (κ3) is 7.01. The number of carbonyl (C=O) groups is 2. The van der Waals surface area contributed by atoms with Gasteiger partial charge >= 0.3 is 0 Å². The number of carbonyl (C=O) groups excluding carboxylic acids is 2. The molecule has 2 N–H and O–H groups in total. The van der Waals surface area contributed by atoms with Gasteiger partial charge in [0.25, 0.3) is 11.8 Å². The Morgan fingerprint density at radius 3 is 2.00 bits per heavy atom. The lowest BCUT2D eigenvalue weighted by atomic mass is 10.0. The first-order chi connectivity index (χ1) is 15.8. The van der Waals surface area contributed by atoms with E-state index in [0.717, 1.165) is 16.7 Å². The molecule has 0 aliphatic rings. The predicted molar refractivity (Wildman–Crippen MR) is 136 cm³/mol. The first kappa shape index (κ1) is 23.7. The normalized spacial score (nSPS) is 11.6. The molecule has 0 saturated heterocycles. The van der Waals surface area contributed by atoms with Crippen molar-refractivity contribution >= 4 is 29.8 Å². The summed E-state index contributed by atoms with van der Waals surface area (Å²) in [5.74, 6) is -0.0194. The Bertz CT molecular complexity index is 1160. The molecule has 0 fully saturated rings. The molecule has 3 aromatic carbocycles. The second kappa shape index (κ2) is 11.0. The van der Waals surface area contributed by atoms with E-state index in [9.17, 15) is 9.59 Å². The maximum Gasteiger partial charge on any atom is 0.271 e. The number of anilines is 1.